The molecule has 0 amide bonds. The molecule has 7 heteroatoms. The number of carboxylic acids is 1. The van der Waals surface area contributed by atoms with Crippen molar-refractivity contribution in [2.45, 2.75) is 6.54 Å². The Hall–Kier alpha value is -2.31. The van der Waals surface area contributed by atoms with Crippen LogP contribution >= 0.6 is 0 Å². The van der Waals surface area contributed by atoms with Crippen LogP contribution in [0.25, 0.3) is 0 Å². The molecule has 0 atom stereocenters. The van der Waals surface area contributed by atoms with Crippen LogP contribution in [-0.2, 0) is 6.54 Å². The Kier molecular flexibility index (Phi) is 2.82. The van der Waals surface area contributed by atoms with E-state index in [1.54, 1.807) is 0 Å². The fraction of sp³-hybridized carbons (Fsp3) is 0.100. The fourth-order valence-electron chi connectivity index (χ4n) is 1.31. The van der Waals surface area contributed by atoms with Crippen LogP contribution in [0.15, 0.2) is 24.5 Å². The van der Waals surface area contributed by atoms with Gasteiger partial charge in [0.25, 0.3) is 5.82 Å². The van der Waals surface area contributed by atoms with Gasteiger partial charge in [-0.2, -0.15) is 0 Å². The summed E-state index contributed by atoms with van der Waals surface area (Å²) in [6.45, 7) is -0.0795. The average molecular weight is 239 g/mol. The van der Waals surface area contributed by atoms with Crippen molar-refractivity contribution in [2.75, 3.05) is 0 Å². The van der Waals surface area contributed by atoms with Gasteiger partial charge in [0.05, 0.1) is 6.54 Å². The highest BCUT2D eigenvalue weighted by Gasteiger charge is 2.11. The Labute approximate surface area is 94.3 Å². The van der Waals surface area contributed by atoms with E-state index in [1.807, 2.05) is 0 Å². The molecule has 2 aromatic rings. The van der Waals surface area contributed by atoms with Crippen molar-refractivity contribution in [3.05, 3.63) is 47.5 Å². The number of carbonyl (C=O) groups is 1. The maximum atomic E-state index is 13.3. The molecule has 0 aliphatic heterocycles. The highest BCUT2D eigenvalue weighted by Crippen LogP contribution is 2.12. The number of hydrogen-bond acceptors (Lipinski definition) is 3. The summed E-state index contributed by atoms with van der Waals surface area (Å²) in [7, 11) is 0. The second-order valence-electron chi connectivity index (χ2n) is 3.28. The smallest absolute Gasteiger partial charge is 0.375 e. The minimum absolute atomic E-state index is 0.0758. The third-order valence-corrected chi connectivity index (χ3v) is 2.09. The summed E-state index contributed by atoms with van der Waals surface area (Å²) in [4.78, 5) is 14.0. The lowest BCUT2D eigenvalue weighted by atomic mass is 10.2. The van der Waals surface area contributed by atoms with Gasteiger partial charge in [-0.05, 0) is 6.07 Å². The van der Waals surface area contributed by atoms with Crippen LogP contribution in [-0.4, -0.2) is 25.8 Å². The van der Waals surface area contributed by atoms with Gasteiger partial charge in [-0.3, -0.25) is 0 Å². The van der Waals surface area contributed by atoms with Crippen molar-refractivity contribution < 1.29 is 18.7 Å². The Balaban J connectivity index is 2.25. The minimum Gasteiger partial charge on any atom is -0.475 e. The van der Waals surface area contributed by atoms with Gasteiger partial charge in [-0.15, -0.1) is 5.10 Å². The van der Waals surface area contributed by atoms with Crippen LogP contribution in [0.1, 0.15) is 16.2 Å². The van der Waals surface area contributed by atoms with Crippen molar-refractivity contribution in [3.63, 3.8) is 0 Å². The van der Waals surface area contributed by atoms with Gasteiger partial charge >= 0.3 is 5.97 Å². The summed E-state index contributed by atoms with van der Waals surface area (Å²) in [6, 6.07) is 3.76. The van der Waals surface area contributed by atoms with E-state index in [0.29, 0.717) is 0 Å². The molecule has 0 radical (unpaired) electrons. The van der Waals surface area contributed by atoms with Gasteiger partial charge in [-0.25, -0.2) is 23.2 Å². The van der Waals surface area contributed by atoms with Gasteiger partial charge in [0.2, 0.25) is 0 Å². The lowest BCUT2D eigenvalue weighted by Crippen LogP contribution is -2.06. The van der Waals surface area contributed by atoms with Gasteiger partial charge in [0.15, 0.2) is 11.6 Å². The van der Waals surface area contributed by atoms with Gasteiger partial charge in [0, 0.05) is 5.56 Å². The van der Waals surface area contributed by atoms with Crippen LogP contribution in [0, 0.1) is 11.6 Å². The molecule has 0 aliphatic carbocycles. The molecule has 0 bridgehead atoms. The predicted molar refractivity (Wildman–Crippen MR) is 52.4 cm³/mol. The van der Waals surface area contributed by atoms with Crippen LogP contribution in [0.3, 0.4) is 0 Å². The second kappa shape index (κ2) is 4.28. The molecule has 1 N–H and O–H groups in total. The first-order chi connectivity index (χ1) is 8.08. The predicted octanol–water partition coefficient (Wildman–Crippen LogP) is 1.30. The third-order valence-electron chi connectivity index (χ3n) is 2.09. The standard InChI is InChI=1S/C10H7F2N3O2/c11-7-3-1-2-6(8(7)12)4-15-5-13-9(14-15)10(16)17/h1-3,5H,4H2,(H,16,17). The Morgan fingerprint density at radius 3 is 2.82 bits per heavy atom. The molecule has 0 saturated heterocycles. The van der Waals surface area contributed by atoms with Crippen LogP contribution in [0.5, 0.6) is 0 Å². The molecule has 0 spiro atoms. The molecule has 1 heterocycles. The molecule has 17 heavy (non-hydrogen) atoms. The molecule has 1 aromatic carbocycles. The molecular formula is C10H7F2N3O2. The molecule has 0 saturated carbocycles. The number of benzene rings is 1. The zero-order chi connectivity index (χ0) is 12.4. The SMILES string of the molecule is O=C(O)c1ncn(Cc2cccc(F)c2F)n1. The number of hydrogen-bond donors (Lipinski definition) is 1. The summed E-state index contributed by atoms with van der Waals surface area (Å²) in [5.74, 6) is -3.59. The van der Waals surface area contributed by atoms with Gasteiger partial charge in [0.1, 0.15) is 6.33 Å². The lowest BCUT2D eigenvalue weighted by molar-refractivity contribution is 0.0683. The van der Waals surface area contributed by atoms with E-state index in [4.69, 9.17) is 5.11 Å². The maximum Gasteiger partial charge on any atom is 0.375 e. The number of halogens is 2. The van der Waals surface area contributed by atoms with E-state index >= 15 is 0 Å². The summed E-state index contributed by atoms with van der Waals surface area (Å²) in [5.41, 5.74) is 0.0758. The second-order valence-corrected chi connectivity index (χ2v) is 3.28. The van der Waals surface area contributed by atoms with E-state index in [2.05, 4.69) is 10.1 Å². The first kappa shape index (κ1) is 11.2. The number of aromatic carboxylic acids is 1. The normalized spacial score (nSPS) is 10.5. The summed E-state index contributed by atoms with van der Waals surface area (Å²) >= 11 is 0. The van der Waals surface area contributed by atoms with E-state index in [9.17, 15) is 13.6 Å². The number of carboxylic acid groups (broad SMARTS) is 1. The lowest BCUT2D eigenvalue weighted by Gasteiger charge is -2.02. The van der Waals surface area contributed by atoms with Crippen molar-refractivity contribution in [2.24, 2.45) is 0 Å². The zero-order valence-electron chi connectivity index (χ0n) is 8.47. The topological polar surface area (TPSA) is 68.0 Å². The average Bonchev–Trinajstić information content (AvgIpc) is 2.73. The highest BCUT2D eigenvalue weighted by atomic mass is 19.2. The number of aromatic nitrogens is 3. The van der Waals surface area contributed by atoms with E-state index in [1.165, 1.54) is 12.1 Å². The molecule has 0 unspecified atom stereocenters. The maximum absolute atomic E-state index is 13.3. The van der Waals surface area contributed by atoms with Crippen LogP contribution in [0.4, 0.5) is 8.78 Å². The van der Waals surface area contributed by atoms with Crippen LogP contribution in [0.2, 0.25) is 0 Å². The van der Waals surface area contributed by atoms with Gasteiger partial charge in [-0.1, -0.05) is 12.1 Å². The Bertz CT molecular complexity index is 568. The Morgan fingerprint density at radius 1 is 1.41 bits per heavy atom. The van der Waals surface area contributed by atoms with Crippen LogP contribution < -0.4 is 0 Å². The molecular weight excluding hydrogens is 232 g/mol. The van der Waals surface area contributed by atoms with Crippen molar-refractivity contribution in [1.29, 1.82) is 0 Å². The van der Waals surface area contributed by atoms with Crippen molar-refractivity contribution in [1.82, 2.24) is 14.8 Å². The van der Waals surface area contributed by atoms with Crippen molar-refractivity contribution in [3.8, 4) is 0 Å². The zero-order valence-corrected chi connectivity index (χ0v) is 8.47. The molecule has 0 fully saturated rings. The van der Waals surface area contributed by atoms with Crippen molar-refractivity contribution >= 4 is 5.97 Å². The Morgan fingerprint density at radius 2 is 2.18 bits per heavy atom. The minimum atomic E-state index is -1.27. The largest absolute Gasteiger partial charge is 0.475 e. The molecule has 1 aromatic heterocycles. The van der Waals surface area contributed by atoms with E-state index < -0.39 is 17.6 Å². The summed E-state index contributed by atoms with van der Waals surface area (Å²) < 4.78 is 27.3. The highest BCUT2D eigenvalue weighted by molar-refractivity contribution is 5.82. The monoisotopic (exact) mass is 239 g/mol. The molecule has 88 valence electrons. The van der Waals surface area contributed by atoms with E-state index in [0.717, 1.165) is 17.1 Å². The summed E-state index contributed by atoms with van der Waals surface area (Å²) in [5, 5.41) is 12.2. The quantitative estimate of drug-likeness (QED) is 0.876. The first-order valence-corrected chi connectivity index (χ1v) is 4.63. The van der Waals surface area contributed by atoms with E-state index in [-0.39, 0.29) is 17.9 Å². The molecule has 2 rings (SSSR count). The molecule has 5 nitrogen and oxygen atoms in total. The summed E-state index contributed by atoms with van der Waals surface area (Å²) in [6.07, 6.45) is 1.15. The number of nitrogens with zero attached hydrogens (tertiary/aromatic N) is 3. The molecule has 0 aliphatic rings. The number of rotatable bonds is 3. The first-order valence-electron chi connectivity index (χ1n) is 4.63. The third kappa shape index (κ3) is 2.27. The van der Waals surface area contributed by atoms with Gasteiger partial charge < -0.3 is 5.11 Å². The fourth-order valence-corrected chi connectivity index (χ4v) is 1.31.